The minimum atomic E-state index is -1.06. The van der Waals surface area contributed by atoms with Gasteiger partial charge in [0, 0.05) is 6.54 Å². The molecule has 1 N–H and O–H groups in total. The molecule has 3 rings (SSSR count). The van der Waals surface area contributed by atoms with Gasteiger partial charge in [-0.05, 0) is 35.2 Å². The van der Waals surface area contributed by atoms with Gasteiger partial charge in [0.1, 0.15) is 0 Å². The average molecular weight is 306 g/mol. The number of halogens is 1. The number of carbonyl (C=O) groups is 2. The summed E-state index contributed by atoms with van der Waals surface area (Å²) in [6, 6.07) is 7.70. The van der Waals surface area contributed by atoms with Crippen molar-refractivity contribution in [3.63, 3.8) is 0 Å². The van der Waals surface area contributed by atoms with E-state index in [9.17, 15) is 14.7 Å². The summed E-state index contributed by atoms with van der Waals surface area (Å²) in [6.45, 7) is 0.328. The van der Waals surface area contributed by atoms with Crippen LogP contribution in [0, 0.1) is 0 Å². The molecule has 1 aromatic carbocycles. The van der Waals surface area contributed by atoms with Crippen molar-refractivity contribution in [3.8, 4) is 0 Å². The molecule has 21 heavy (non-hydrogen) atoms. The molecule has 0 saturated heterocycles. The summed E-state index contributed by atoms with van der Waals surface area (Å²) >= 11 is 5.82. The highest BCUT2D eigenvalue weighted by molar-refractivity contribution is 6.32. The Morgan fingerprint density at radius 2 is 2.05 bits per heavy atom. The normalized spacial score (nSPS) is 17.4. The van der Waals surface area contributed by atoms with Gasteiger partial charge in [-0.25, -0.2) is 4.79 Å². The number of furan rings is 1. The molecular weight excluding hydrogens is 294 g/mol. The zero-order valence-electron chi connectivity index (χ0n) is 11.0. The number of hydrogen-bond donors (Lipinski definition) is 1. The molecule has 0 radical (unpaired) electrons. The second-order valence-electron chi connectivity index (χ2n) is 4.80. The van der Waals surface area contributed by atoms with Gasteiger partial charge in [-0.2, -0.15) is 0 Å². The van der Waals surface area contributed by atoms with Crippen LogP contribution in [-0.2, 0) is 11.2 Å². The van der Waals surface area contributed by atoms with Gasteiger partial charge in [0.15, 0.2) is 6.04 Å². The number of hydrogen-bond acceptors (Lipinski definition) is 3. The number of carboxylic acid groups (broad SMARTS) is 1. The summed E-state index contributed by atoms with van der Waals surface area (Å²) in [5.41, 5.74) is 1.78. The van der Waals surface area contributed by atoms with Gasteiger partial charge >= 0.3 is 5.97 Å². The zero-order chi connectivity index (χ0) is 15.0. The van der Waals surface area contributed by atoms with Crippen LogP contribution < -0.4 is 0 Å². The minimum absolute atomic E-state index is 0.0250. The Bertz CT molecular complexity index is 709. The van der Waals surface area contributed by atoms with Gasteiger partial charge in [0.25, 0.3) is 5.91 Å². The maximum absolute atomic E-state index is 12.5. The molecule has 1 atom stereocenters. The number of aliphatic carboxylic acids is 1. The Morgan fingerprint density at radius 3 is 2.71 bits per heavy atom. The molecule has 0 spiro atoms. The van der Waals surface area contributed by atoms with Crippen LogP contribution in [-0.4, -0.2) is 28.4 Å². The van der Waals surface area contributed by atoms with Gasteiger partial charge in [0.05, 0.1) is 11.8 Å². The number of fused-ring (bicyclic) bond motifs is 1. The standard InChI is InChI=1S/C15H12ClNO4/c16-13-11(6-8-21-13)14(18)17-7-5-9-3-1-2-4-10(9)12(17)15(19)20/h1-4,6,8,12H,5,7H2,(H,19,20). The monoisotopic (exact) mass is 305 g/mol. The fourth-order valence-electron chi connectivity index (χ4n) is 2.65. The van der Waals surface area contributed by atoms with E-state index in [0.717, 1.165) is 5.56 Å². The van der Waals surface area contributed by atoms with Crippen LogP contribution in [0.5, 0.6) is 0 Å². The largest absolute Gasteiger partial charge is 0.479 e. The van der Waals surface area contributed by atoms with Crippen molar-refractivity contribution in [1.29, 1.82) is 0 Å². The second kappa shape index (κ2) is 5.26. The summed E-state index contributed by atoms with van der Waals surface area (Å²) in [5, 5.41) is 9.50. The van der Waals surface area contributed by atoms with Crippen LogP contribution in [0.4, 0.5) is 0 Å². The quantitative estimate of drug-likeness (QED) is 0.926. The van der Waals surface area contributed by atoms with Gasteiger partial charge in [-0.1, -0.05) is 24.3 Å². The van der Waals surface area contributed by atoms with Crippen LogP contribution in [0.3, 0.4) is 0 Å². The topological polar surface area (TPSA) is 70.8 Å². The van der Waals surface area contributed by atoms with Crippen molar-refractivity contribution in [2.75, 3.05) is 6.54 Å². The highest BCUT2D eigenvalue weighted by Crippen LogP contribution is 2.32. The first-order valence-electron chi connectivity index (χ1n) is 6.44. The van der Waals surface area contributed by atoms with Crippen molar-refractivity contribution >= 4 is 23.5 Å². The molecule has 6 heteroatoms. The predicted octanol–water partition coefficient (Wildman–Crippen LogP) is 2.76. The fraction of sp³-hybridized carbons (Fsp3) is 0.200. The molecule has 2 aromatic rings. The van der Waals surface area contributed by atoms with E-state index in [-0.39, 0.29) is 10.8 Å². The molecule has 1 unspecified atom stereocenters. The fourth-order valence-corrected chi connectivity index (χ4v) is 2.85. The molecule has 2 heterocycles. The summed E-state index contributed by atoms with van der Waals surface area (Å²) < 4.78 is 4.91. The van der Waals surface area contributed by atoms with E-state index in [2.05, 4.69) is 0 Å². The van der Waals surface area contributed by atoms with E-state index in [4.69, 9.17) is 16.0 Å². The third kappa shape index (κ3) is 2.29. The number of nitrogens with zero attached hydrogens (tertiary/aromatic N) is 1. The first-order valence-corrected chi connectivity index (χ1v) is 6.82. The van der Waals surface area contributed by atoms with Crippen LogP contribution in [0.1, 0.15) is 27.5 Å². The van der Waals surface area contributed by atoms with Crippen molar-refractivity contribution in [2.24, 2.45) is 0 Å². The Balaban J connectivity index is 2.02. The van der Waals surface area contributed by atoms with Gasteiger partial charge in [-0.3, -0.25) is 4.79 Å². The van der Waals surface area contributed by atoms with Crippen LogP contribution >= 0.6 is 11.6 Å². The Labute approximate surface area is 125 Å². The molecule has 1 aliphatic heterocycles. The number of carboxylic acids is 1. The molecule has 1 aliphatic rings. The van der Waals surface area contributed by atoms with Crippen molar-refractivity contribution < 1.29 is 19.1 Å². The maximum Gasteiger partial charge on any atom is 0.331 e. The van der Waals surface area contributed by atoms with Gasteiger partial charge in [-0.15, -0.1) is 0 Å². The lowest BCUT2D eigenvalue weighted by Crippen LogP contribution is -2.43. The molecule has 0 saturated carbocycles. The van der Waals surface area contributed by atoms with E-state index in [1.165, 1.54) is 17.2 Å². The Kier molecular flexibility index (Phi) is 3.43. The third-order valence-corrected chi connectivity index (χ3v) is 3.92. The first kappa shape index (κ1) is 13.7. The van der Waals surface area contributed by atoms with Crippen molar-refractivity contribution in [1.82, 2.24) is 4.90 Å². The van der Waals surface area contributed by atoms with Crippen LogP contribution in [0.2, 0.25) is 5.22 Å². The highest BCUT2D eigenvalue weighted by Gasteiger charge is 2.37. The summed E-state index contributed by atoms with van der Waals surface area (Å²) in [4.78, 5) is 25.5. The van der Waals surface area contributed by atoms with Crippen molar-refractivity contribution in [2.45, 2.75) is 12.5 Å². The summed E-state index contributed by atoms with van der Waals surface area (Å²) in [6.07, 6.45) is 1.92. The molecule has 1 aromatic heterocycles. The van der Waals surface area contributed by atoms with E-state index in [1.807, 2.05) is 12.1 Å². The number of amides is 1. The van der Waals surface area contributed by atoms with Crippen LogP contribution in [0.15, 0.2) is 41.0 Å². The lowest BCUT2D eigenvalue weighted by molar-refractivity contribution is -0.143. The first-order chi connectivity index (χ1) is 10.1. The van der Waals surface area contributed by atoms with E-state index in [1.54, 1.807) is 12.1 Å². The highest BCUT2D eigenvalue weighted by atomic mass is 35.5. The lowest BCUT2D eigenvalue weighted by atomic mass is 9.92. The van der Waals surface area contributed by atoms with E-state index < -0.39 is 17.9 Å². The van der Waals surface area contributed by atoms with Crippen LogP contribution in [0.25, 0.3) is 0 Å². The smallest absolute Gasteiger partial charge is 0.331 e. The molecule has 1 amide bonds. The van der Waals surface area contributed by atoms with Gasteiger partial charge in [0.2, 0.25) is 5.22 Å². The molecule has 0 fully saturated rings. The molecular formula is C15H12ClNO4. The van der Waals surface area contributed by atoms with E-state index in [0.29, 0.717) is 18.5 Å². The summed E-state index contributed by atoms with van der Waals surface area (Å²) in [5.74, 6) is -1.49. The Hall–Kier alpha value is -2.27. The molecule has 0 bridgehead atoms. The predicted molar refractivity (Wildman–Crippen MR) is 75.3 cm³/mol. The Morgan fingerprint density at radius 1 is 1.29 bits per heavy atom. The lowest BCUT2D eigenvalue weighted by Gasteiger charge is -2.34. The molecule has 5 nitrogen and oxygen atoms in total. The molecule has 0 aliphatic carbocycles. The molecule has 108 valence electrons. The number of carbonyl (C=O) groups excluding carboxylic acids is 1. The number of benzene rings is 1. The van der Waals surface area contributed by atoms with E-state index >= 15 is 0 Å². The minimum Gasteiger partial charge on any atom is -0.479 e. The van der Waals surface area contributed by atoms with Crippen molar-refractivity contribution in [3.05, 3.63) is 58.5 Å². The zero-order valence-corrected chi connectivity index (χ0v) is 11.7. The third-order valence-electron chi connectivity index (χ3n) is 3.63. The number of rotatable bonds is 2. The average Bonchev–Trinajstić information content (AvgIpc) is 2.91. The summed E-state index contributed by atoms with van der Waals surface area (Å²) in [7, 11) is 0. The SMILES string of the molecule is O=C(O)C1c2ccccc2CCN1C(=O)c1ccoc1Cl. The maximum atomic E-state index is 12.5. The van der Waals surface area contributed by atoms with Gasteiger partial charge < -0.3 is 14.4 Å². The second-order valence-corrected chi connectivity index (χ2v) is 5.14.